The number of nitrogens with zero attached hydrogens (tertiary/aromatic N) is 2. The average molecular weight is 449 g/mol. The molecule has 0 amide bonds. The molecule has 0 spiro atoms. The lowest BCUT2D eigenvalue weighted by Gasteiger charge is -2.09. The number of hydrogen-bond donors (Lipinski definition) is 0. The predicted octanol–water partition coefficient (Wildman–Crippen LogP) is 8.63. The van der Waals surface area contributed by atoms with E-state index in [-0.39, 0.29) is 0 Å². The molecule has 0 radical (unpaired) electrons. The Kier molecular flexibility index (Phi) is 3.66. The van der Waals surface area contributed by atoms with Gasteiger partial charge in [-0.25, -0.2) is 0 Å². The lowest BCUT2D eigenvalue weighted by atomic mass is 10.1. The van der Waals surface area contributed by atoms with Crippen LogP contribution >= 0.6 is 0 Å². The van der Waals surface area contributed by atoms with E-state index in [1.807, 2.05) is 12.1 Å². The molecule has 0 aliphatic carbocycles. The van der Waals surface area contributed by atoms with Crippen molar-refractivity contribution in [2.75, 3.05) is 0 Å². The summed E-state index contributed by atoms with van der Waals surface area (Å²) in [6.07, 6.45) is 0. The summed E-state index contributed by atoms with van der Waals surface area (Å²) in [5.41, 5.74) is 8.80. The Hall–Kier alpha value is -4.76. The van der Waals surface area contributed by atoms with Gasteiger partial charge in [-0.1, -0.05) is 84.9 Å². The zero-order chi connectivity index (χ0) is 22.9. The standard InChI is InChI=1S/C32H20N2O/c1-2-11-21(12-3-1)33-26-17-7-4-14-24(26)31-30(33)25-15-5-8-18-27(25)34(31)28-19-10-16-23-22-13-6-9-20-29(22)35-32(23)28/h1-20H. The van der Waals surface area contributed by atoms with Crippen molar-refractivity contribution < 1.29 is 4.42 Å². The normalized spacial score (nSPS) is 12.0. The van der Waals surface area contributed by atoms with E-state index in [4.69, 9.17) is 4.42 Å². The number of rotatable bonds is 2. The van der Waals surface area contributed by atoms with Crippen LogP contribution in [-0.4, -0.2) is 9.13 Å². The first-order valence-corrected chi connectivity index (χ1v) is 11.9. The van der Waals surface area contributed by atoms with E-state index in [0.29, 0.717) is 0 Å². The summed E-state index contributed by atoms with van der Waals surface area (Å²) in [6.45, 7) is 0. The fraction of sp³-hybridized carbons (Fsp3) is 0. The van der Waals surface area contributed by atoms with Crippen LogP contribution in [0.4, 0.5) is 0 Å². The second kappa shape index (κ2) is 6.87. The van der Waals surface area contributed by atoms with Crippen LogP contribution in [0.3, 0.4) is 0 Å². The molecule has 0 atom stereocenters. The van der Waals surface area contributed by atoms with Gasteiger partial charge < -0.3 is 13.6 Å². The zero-order valence-corrected chi connectivity index (χ0v) is 18.8. The third-order valence-electron chi connectivity index (χ3n) is 7.11. The van der Waals surface area contributed by atoms with Gasteiger partial charge >= 0.3 is 0 Å². The van der Waals surface area contributed by atoms with Gasteiger partial charge in [0.25, 0.3) is 0 Å². The highest BCUT2D eigenvalue weighted by molar-refractivity contribution is 6.20. The zero-order valence-electron chi connectivity index (χ0n) is 18.8. The minimum atomic E-state index is 0.910. The molecule has 3 aromatic heterocycles. The first-order chi connectivity index (χ1) is 17.4. The molecule has 0 unspecified atom stereocenters. The van der Waals surface area contributed by atoms with Gasteiger partial charge in [0.15, 0.2) is 5.58 Å². The van der Waals surface area contributed by atoms with Crippen molar-refractivity contribution in [2.24, 2.45) is 0 Å². The van der Waals surface area contributed by atoms with E-state index in [1.54, 1.807) is 0 Å². The van der Waals surface area contributed by atoms with Crippen LogP contribution in [0.15, 0.2) is 126 Å². The van der Waals surface area contributed by atoms with Gasteiger partial charge in [0.2, 0.25) is 0 Å². The van der Waals surface area contributed by atoms with Crippen molar-refractivity contribution in [1.82, 2.24) is 9.13 Å². The number of hydrogen-bond acceptors (Lipinski definition) is 1. The monoisotopic (exact) mass is 448 g/mol. The molecule has 0 saturated heterocycles. The van der Waals surface area contributed by atoms with Gasteiger partial charge in [-0.15, -0.1) is 0 Å². The summed E-state index contributed by atoms with van der Waals surface area (Å²) in [7, 11) is 0. The third-order valence-corrected chi connectivity index (χ3v) is 7.11. The molecule has 5 aromatic carbocycles. The molecule has 0 bridgehead atoms. The molecule has 3 nitrogen and oxygen atoms in total. The maximum absolute atomic E-state index is 6.48. The molecule has 3 heterocycles. The van der Waals surface area contributed by atoms with Crippen LogP contribution in [0.1, 0.15) is 0 Å². The Bertz CT molecular complexity index is 2050. The molecule has 164 valence electrons. The van der Waals surface area contributed by atoms with E-state index >= 15 is 0 Å². The number of furan rings is 1. The first-order valence-electron chi connectivity index (χ1n) is 11.9. The van der Waals surface area contributed by atoms with Crippen LogP contribution in [0, 0.1) is 0 Å². The van der Waals surface area contributed by atoms with Gasteiger partial charge in [-0.3, -0.25) is 0 Å². The Labute approximate surface area is 201 Å². The summed E-state index contributed by atoms with van der Waals surface area (Å²) in [4.78, 5) is 0. The summed E-state index contributed by atoms with van der Waals surface area (Å²) in [5, 5.41) is 4.71. The van der Waals surface area contributed by atoms with Crippen molar-refractivity contribution >= 4 is 54.8 Å². The lowest BCUT2D eigenvalue weighted by Crippen LogP contribution is -1.94. The molecule has 8 aromatic rings. The fourth-order valence-electron chi connectivity index (χ4n) is 5.69. The van der Waals surface area contributed by atoms with Gasteiger partial charge in [0, 0.05) is 27.2 Å². The van der Waals surface area contributed by atoms with E-state index < -0.39 is 0 Å². The molecule has 8 rings (SSSR count). The molecule has 35 heavy (non-hydrogen) atoms. The van der Waals surface area contributed by atoms with Crippen molar-refractivity contribution in [3.8, 4) is 11.4 Å². The fourth-order valence-corrected chi connectivity index (χ4v) is 5.69. The smallest absolute Gasteiger partial charge is 0.159 e. The van der Waals surface area contributed by atoms with Gasteiger partial charge in [-0.05, 0) is 36.4 Å². The highest BCUT2D eigenvalue weighted by Crippen LogP contribution is 2.42. The van der Waals surface area contributed by atoms with Gasteiger partial charge in [0.05, 0.1) is 27.8 Å². The van der Waals surface area contributed by atoms with E-state index in [1.165, 1.54) is 32.8 Å². The van der Waals surface area contributed by atoms with Crippen LogP contribution < -0.4 is 0 Å². The lowest BCUT2D eigenvalue weighted by molar-refractivity contribution is 0.666. The van der Waals surface area contributed by atoms with E-state index in [2.05, 4.69) is 118 Å². The molecule has 0 aliphatic heterocycles. The second-order valence-corrected chi connectivity index (χ2v) is 8.99. The third kappa shape index (κ3) is 2.44. The maximum Gasteiger partial charge on any atom is 0.159 e. The summed E-state index contributed by atoms with van der Waals surface area (Å²) >= 11 is 0. The quantitative estimate of drug-likeness (QED) is 0.259. The highest BCUT2D eigenvalue weighted by atomic mass is 16.3. The van der Waals surface area contributed by atoms with E-state index in [9.17, 15) is 0 Å². The van der Waals surface area contributed by atoms with Crippen molar-refractivity contribution in [2.45, 2.75) is 0 Å². The van der Waals surface area contributed by atoms with Gasteiger partial charge in [-0.2, -0.15) is 0 Å². The minimum absolute atomic E-state index is 0.910. The number of benzene rings is 5. The summed E-state index contributed by atoms with van der Waals surface area (Å²) in [5.74, 6) is 0. The van der Waals surface area contributed by atoms with Gasteiger partial charge in [0.1, 0.15) is 5.58 Å². The maximum atomic E-state index is 6.48. The topological polar surface area (TPSA) is 23.0 Å². The van der Waals surface area contributed by atoms with Crippen molar-refractivity contribution in [3.63, 3.8) is 0 Å². The SMILES string of the molecule is c1ccc(-n2c3ccccc3c3c2c2ccccc2n3-c2cccc3c2oc2ccccc23)cc1. The molecule has 0 aliphatic rings. The molecule has 0 N–H and O–H groups in total. The largest absolute Gasteiger partial charge is 0.454 e. The van der Waals surface area contributed by atoms with E-state index in [0.717, 1.165) is 33.3 Å². The predicted molar refractivity (Wildman–Crippen MR) is 145 cm³/mol. The Morgan fingerprint density at radius 2 is 1.00 bits per heavy atom. The van der Waals surface area contributed by atoms with Crippen LogP contribution in [0.2, 0.25) is 0 Å². The molecule has 0 saturated carbocycles. The summed E-state index contributed by atoms with van der Waals surface area (Å²) in [6, 6.07) is 42.7. The van der Waals surface area contributed by atoms with Crippen molar-refractivity contribution in [3.05, 3.63) is 121 Å². The highest BCUT2D eigenvalue weighted by Gasteiger charge is 2.23. The number of fused-ring (bicyclic) bond motifs is 8. The summed E-state index contributed by atoms with van der Waals surface area (Å²) < 4.78 is 11.3. The van der Waals surface area contributed by atoms with Crippen LogP contribution in [-0.2, 0) is 0 Å². The molecule has 0 fully saturated rings. The number of para-hydroxylation sites is 5. The Morgan fingerprint density at radius 1 is 0.429 bits per heavy atom. The first kappa shape index (κ1) is 18.6. The number of aromatic nitrogens is 2. The van der Waals surface area contributed by atoms with Crippen molar-refractivity contribution in [1.29, 1.82) is 0 Å². The molecular formula is C32H20N2O. The van der Waals surface area contributed by atoms with Crippen LogP contribution in [0.5, 0.6) is 0 Å². The molecule has 3 heteroatoms. The average Bonchev–Trinajstić information content (AvgIpc) is 3.57. The minimum Gasteiger partial charge on any atom is -0.454 e. The molecular weight excluding hydrogens is 428 g/mol. The Balaban J connectivity index is 1.62. The van der Waals surface area contributed by atoms with Crippen LogP contribution in [0.25, 0.3) is 66.2 Å². The Morgan fingerprint density at radius 3 is 1.77 bits per heavy atom. The second-order valence-electron chi connectivity index (χ2n) is 8.99.